The third kappa shape index (κ3) is 4.34. The van der Waals surface area contributed by atoms with Gasteiger partial charge in [0, 0.05) is 6.54 Å². The van der Waals surface area contributed by atoms with Crippen molar-refractivity contribution in [2.24, 2.45) is 0 Å². The van der Waals surface area contributed by atoms with Crippen molar-refractivity contribution in [3.8, 4) is 0 Å². The van der Waals surface area contributed by atoms with E-state index in [2.05, 4.69) is 52.7 Å². The van der Waals surface area contributed by atoms with Crippen LogP contribution in [0.25, 0.3) is 10.8 Å². The van der Waals surface area contributed by atoms with Crippen molar-refractivity contribution in [1.29, 1.82) is 0 Å². The predicted octanol–water partition coefficient (Wildman–Crippen LogP) is 4.90. The van der Waals surface area contributed by atoms with Crippen LogP contribution in [0.2, 0.25) is 0 Å². The minimum atomic E-state index is -0.367. The Bertz CT molecular complexity index is 915. The molecule has 1 aliphatic rings. The van der Waals surface area contributed by atoms with Crippen LogP contribution in [0.5, 0.6) is 0 Å². The lowest BCUT2D eigenvalue weighted by Crippen LogP contribution is -2.37. The maximum absolute atomic E-state index is 12.3. The Morgan fingerprint density at radius 2 is 1.64 bits per heavy atom. The smallest absolute Gasteiger partial charge is 0.407 e. The van der Waals surface area contributed by atoms with Gasteiger partial charge in [-0.2, -0.15) is 0 Å². The molecule has 0 spiro atoms. The number of rotatable bonds is 6. The summed E-state index contributed by atoms with van der Waals surface area (Å²) in [4.78, 5) is 14.8. The third-order valence-electron chi connectivity index (χ3n) is 5.42. The Morgan fingerprint density at radius 3 is 2.46 bits per heavy atom. The van der Waals surface area contributed by atoms with Crippen molar-refractivity contribution in [3.63, 3.8) is 0 Å². The number of benzene rings is 3. The normalized spacial score (nSPS) is 15.4. The van der Waals surface area contributed by atoms with Crippen LogP contribution >= 0.6 is 0 Å². The largest absolute Gasteiger partial charge is 0.445 e. The van der Waals surface area contributed by atoms with E-state index in [9.17, 15) is 4.79 Å². The van der Waals surface area contributed by atoms with Gasteiger partial charge in [-0.3, -0.25) is 4.90 Å². The van der Waals surface area contributed by atoms with E-state index in [1.165, 1.54) is 29.2 Å². The molecule has 3 aromatic carbocycles. The fraction of sp³-hybridized carbons (Fsp3) is 0.292. The van der Waals surface area contributed by atoms with Crippen LogP contribution in [0.3, 0.4) is 0 Å². The zero-order valence-corrected chi connectivity index (χ0v) is 16.0. The molecule has 4 rings (SSSR count). The maximum atomic E-state index is 12.3. The Balaban J connectivity index is 1.47. The summed E-state index contributed by atoms with van der Waals surface area (Å²) in [6.07, 6.45) is 2.05. The second kappa shape index (κ2) is 8.89. The summed E-state index contributed by atoms with van der Waals surface area (Å²) in [5.41, 5.74) is 2.26. The first-order valence-corrected chi connectivity index (χ1v) is 9.97. The molecule has 0 unspecified atom stereocenters. The van der Waals surface area contributed by atoms with Gasteiger partial charge in [-0.25, -0.2) is 4.79 Å². The number of hydrogen-bond donors (Lipinski definition) is 1. The number of fused-ring (bicyclic) bond motifs is 1. The molecule has 4 heteroatoms. The highest BCUT2D eigenvalue weighted by molar-refractivity contribution is 5.86. The highest BCUT2D eigenvalue weighted by Gasteiger charge is 2.25. The van der Waals surface area contributed by atoms with Crippen LogP contribution < -0.4 is 5.32 Å². The molecule has 3 aromatic rings. The van der Waals surface area contributed by atoms with Crippen LogP contribution in [0.4, 0.5) is 4.79 Å². The van der Waals surface area contributed by atoms with Crippen molar-refractivity contribution in [2.75, 3.05) is 19.6 Å². The first-order chi connectivity index (χ1) is 13.8. The monoisotopic (exact) mass is 374 g/mol. The molecule has 144 valence electrons. The van der Waals surface area contributed by atoms with E-state index in [0.717, 1.165) is 18.7 Å². The van der Waals surface area contributed by atoms with Crippen LogP contribution in [-0.2, 0) is 11.3 Å². The Labute approximate surface area is 166 Å². The minimum absolute atomic E-state index is 0.151. The molecule has 1 atom stereocenters. The molecule has 0 saturated carbocycles. The van der Waals surface area contributed by atoms with Gasteiger partial charge in [0.15, 0.2) is 0 Å². The summed E-state index contributed by atoms with van der Waals surface area (Å²) >= 11 is 0. The number of nitrogens with zero attached hydrogens (tertiary/aromatic N) is 1. The molecular formula is C24H26N2O2. The summed E-state index contributed by atoms with van der Waals surface area (Å²) < 4.78 is 5.40. The van der Waals surface area contributed by atoms with Crippen LogP contribution in [0.1, 0.15) is 30.0 Å². The summed E-state index contributed by atoms with van der Waals surface area (Å²) in [7, 11) is 0. The summed E-state index contributed by atoms with van der Waals surface area (Å²) in [5, 5.41) is 5.47. The number of carbonyl (C=O) groups is 1. The molecule has 4 nitrogen and oxygen atoms in total. The zero-order valence-electron chi connectivity index (χ0n) is 16.0. The van der Waals surface area contributed by atoms with Crippen molar-refractivity contribution in [3.05, 3.63) is 83.9 Å². The number of amides is 1. The SMILES string of the molecule is O=C(NC[C@@H](c1cccc2ccccc12)N1CCCC1)OCc1ccccc1. The van der Waals surface area contributed by atoms with Crippen molar-refractivity contribution in [2.45, 2.75) is 25.5 Å². The fourth-order valence-electron chi connectivity index (χ4n) is 3.98. The van der Waals surface area contributed by atoms with Gasteiger partial charge in [-0.1, -0.05) is 72.8 Å². The predicted molar refractivity (Wildman–Crippen MR) is 112 cm³/mol. The van der Waals surface area contributed by atoms with E-state index in [1.807, 2.05) is 30.3 Å². The molecule has 0 aliphatic carbocycles. The average molecular weight is 374 g/mol. The molecule has 1 saturated heterocycles. The summed E-state index contributed by atoms with van der Waals surface area (Å²) in [5.74, 6) is 0. The molecule has 0 aromatic heterocycles. The highest BCUT2D eigenvalue weighted by atomic mass is 16.5. The topological polar surface area (TPSA) is 41.6 Å². The van der Waals surface area contributed by atoms with E-state index >= 15 is 0 Å². The number of carbonyl (C=O) groups excluding carboxylic acids is 1. The number of hydrogen-bond acceptors (Lipinski definition) is 3. The quantitative estimate of drug-likeness (QED) is 0.667. The molecule has 1 aliphatic heterocycles. The lowest BCUT2D eigenvalue weighted by molar-refractivity contribution is 0.134. The van der Waals surface area contributed by atoms with Crippen molar-refractivity contribution < 1.29 is 9.53 Å². The number of ether oxygens (including phenoxy) is 1. The molecule has 1 heterocycles. The molecule has 0 radical (unpaired) electrons. The lowest BCUT2D eigenvalue weighted by atomic mass is 9.97. The molecule has 28 heavy (non-hydrogen) atoms. The van der Waals surface area contributed by atoms with E-state index in [1.54, 1.807) is 0 Å². The Hall–Kier alpha value is -2.85. The van der Waals surface area contributed by atoms with E-state index in [4.69, 9.17) is 4.74 Å². The molecule has 0 bridgehead atoms. The molecule has 1 N–H and O–H groups in total. The average Bonchev–Trinajstić information content (AvgIpc) is 3.28. The van der Waals surface area contributed by atoms with Crippen molar-refractivity contribution in [1.82, 2.24) is 10.2 Å². The van der Waals surface area contributed by atoms with E-state index in [-0.39, 0.29) is 18.7 Å². The van der Waals surface area contributed by atoms with Gasteiger partial charge < -0.3 is 10.1 Å². The van der Waals surface area contributed by atoms with Gasteiger partial charge in [0.05, 0.1) is 6.04 Å². The minimum Gasteiger partial charge on any atom is -0.445 e. The second-order valence-electron chi connectivity index (χ2n) is 7.27. The highest BCUT2D eigenvalue weighted by Crippen LogP contribution is 2.30. The lowest BCUT2D eigenvalue weighted by Gasteiger charge is -2.29. The fourth-order valence-corrected chi connectivity index (χ4v) is 3.98. The molecule has 1 amide bonds. The maximum Gasteiger partial charge on any atom is 0.407 e. The van der Waals surface area contributed by atoms with E-state index < -0.39 is 0 Å². The summed E-state index contributed by atoms with van der Waals surface area (Å²) in [6.45, 7) is 2.96. The Kier molecular flexibility index (Phi) is 5.88. The van der Waals surface area contributed by atoms with Crippen LogP contribution in [-0.4, -0.2) is 30.6 Å². The third-order valence-corrected chi connectivity index (χ3v) is 5.42. The van der Waals surface area contributed by atoms with Gasteiger partial charge in [0.2, 0.25) is 0 Å². The van der Waals surface area contributed by atoms with Gasteiger partial charge >= 0.3 is 6.09 Å². The second-order valence-corrected chi connectivity index (χ2v) is 7.27. The number of likely N-dealkylation sites (tertiary alicyclic amines) is 1. The Morgan fingerprint density at radius 1 is 0.929 bits per heavy atom. The first-order valence-electron chi connectivity index (χ1n) is 9.97. The van der Waals surface area contributed by atoms with Crippen molar-refractivity contribution >= 4 is 16.9 Å². The number of alkyl carbamates (subject to hydrolysis) is 1. The van der Waals surface area contributed by atoms with Gasteiger partial charge in [-0.15, -0.1) is 0 Å². The molecule has 1 fully saturated rings. The molecular weight excluding hydrogens is 348 g/mol. The zero-order chi connectivity index (χ0) is 19.2. The van der Waals surface area contributed by atoms with Crippen LogP contribution in [0, 0.1) is 0 Å². The van der Waals surface area contributed by atoms with Crippen LogP contribution in [0.15, 0.2) is 72.8 Å². The van der Waals surface area contributed by atoms with Gasteiger partial charge in [0.25, 0.3) is 0 Å². The van der Waals surface area contributed by atoms with E-state index in [0.29, 0.717) is 6.54 Å². The summed E-state index contributed by atoms with van der Waals surface area (Å²) in [6, 6.07) is 24.8. The van der Waals surface area contributed by atoms with Gasteiger partial charge in [-0.05, 0) is 47.8 Å². The number of nitrogens with one attached hydrogen (secondary N) is 1. The standard InChI is InChI=1S/C24H26N2O2/c27-24(28-18-19-9-2-1-3-10-19)25-17-23(26-15-6-7-16-26)22-14-8-12-20-11-4-5-13-21(20)22/h1-5,8-14,23H,6-7,15-18H2,(H,25,27)/t23-/m0/s1. The first kappa shape index (κ1) is 18.5. The van der Waals surface area contributed by atoms with Gasteiger partial charge in [0.1, 0.15) is 6.61 Å².